The van der Waals surface area contributed by atoms with Crippen molar-refractivity contribution in [3.05, 3.63) is 66.0 Å². The van der Waals surface area contributed by atoms with Gasteiger partial charge in [-0.15, -0.1) is 0 Å². The zero-order valence-corrected chi connectivity index (χ0v) is 14.1. The third kappa shape index (κ3) is 3.89. The first-order valence-corrected chi connectivity index (χ1v) is 8.04. The molecule has 0 atom stereocenters. The van der Waals surface area contributed by atoms with E-state index in [-0.39, 0.29) is 17.1 Å². The summed E-state index contributed by atoms with van der Waals surface area (Å²) in [6.45, 7) is 2.08. The van der Waals surface area contributed by atoms with Gasteiger partial charge in [-0.3, -0.25) is 0 Å². The molecular formula is C19H18N4O3. The van der Waals surface area contributed by atoms with Gasteiger partial charge in [-0.2, -0.15) is 4.98 Å². The van der Waals surface area contributed by atoms with E-state index in [1.807, 2.05) is 24.3 Å². The van der Waals surface area contributed by atoms with E-state index in [0.717, 1.165) is 6.42 Å². The Morgan fingerprint density at radius 1 is 1.12 bits per heavy atom. The fourth-order valence-corrected chi connectivity index (χ4v) is 2.30. The lowest BCUT2D eigenvalue weighted by molar-refractivity contribution is 0.0697. The number of nitrogen functional groups attached to an aromatic ring is 1. The standard InChI is InChI=1S/C19H18N4O3/c1-2-12-3-9-15(10-4-12)26-18-16(20)17(21-11-22-18)23-14-7-5-13(6-8-14)19(24)25/h3-11H,2,20H2,1H3,(H,24,25)(H,21,22,23). The average Bonchev–Trinajstić information content (AvgIpc) is 2.66. The van der Waals surface area contributed by atoms with Gasteiger partial charge in [-0.25, -0.2) is 9.78 Å². The summed E-state index contributed by atoms with van der Waals surface area (Å²) in [6.07, 6.45) is 2.30. The van der Waals surface area contributed by atoms with Gasteiger partial charge in [0, 0.05) is 5.69 Å². The average molecular weight is 350 g/mol. The highest BCUT2D eigenvalue weighted by atomic mass is 16.5. The highest BCUT2D eigenvalue weighted by molar-refractivity contribution is 5.88. The molecule has 3 aromatic rings. The Kier molecular flexibility index (Phi) is 4.98. The normalized spacial score (nSPS) is 10.3. The maximum absolute atomic E-state index is 10.9. The van der Waals surface area contributed by atoms with Crippen LogP contribution in [0.25, 0.3) is 0 Å². The van der Waals surface area contributed by atoms with Gasteiger partial charge < -0.3 is 20.9 Å². The van der Waals surface area contributed by atoms with E-state index in [1.165, 1.54) is 24.0 Å². The molecule has 0 saturated heterocycles. The Labute approximate surface area is 150 Å². The highest BCUT2D eigenvalue weighted by Gasteiger charge is 2.11. The number of nitrogens with two attached hydrogens (primary N) is 1. The number of carboxylic acid groups (broad SMARTS) is 1. The van der Waals surface area contributed by atoms with E-state index in [0.29, 0.717) is 17.3 Å². The van der Waals surface area contributed by atoms with Crippen LogP contribution in [-0.2, 0) is 6.42 Å². The monoisotopic (exact) mass is 350 g/mol. The lowest BCUT2D eigenvalue weighted by Gasteiger charge is -2.12. The molecule has 4 N–H and O–H groups in total. The van der Waals surface area contributed by atoms with Gasteiger partial charge in [-0.05, 0) is 48.4 Å². The molecule has 1 heterocycles. The number of nitrogens with zero attached hydrogens (tertiary/aromatic N) is 2. The first kappa shape index (κ1) is 17.2. The van der Waals surface area contributed by atoms with Crippen molar-refractivity contribution in [3.8, 4) is 11.6 Å². The molecule has 0 unspecified atom stereocenters. The number of aromatic nitrogens is 2. The third-order valence-electron chi connectivity index (χ3n) is 3.79. The number of rotatable bonds is 6. The molecule has 0 spiro atoms. The number of hydrogen-bond acceptors (Lipinski definition) is 6. The first-order valence-electron chi connectivity index (χ1n) is 8.04. The van der Waals surface area contributed by atoms with Crippen LogP contribution in [0.1, 0.15) is 22.8 Å². The smallest absolute Gasteiger partial charge is 0.335 e. The predicted octanol–water partition coefficient (Wildman–Crippen LogP) is 3.86. The van der Waals surface area contributed by atoms with Gasteiger partial charge in [-0.1, -0.05) is 19.1 Å². The Bertz CT molecular complexity index is 909. The molecular weight excluding hydrogens is 332 g/mol. The maximum Gasteiger partial charge on any atom is 0.335 e. The lowest BCUT2D eigenvalue weighted by atomic mass is 10.2. The van der Waals surface area contributed by atoms with E-state index in [2.05, 4.69) is 22.2 Å². The summed E-state index contributed by atoms with van der Waals surface area (Å²) < 4.78 is 5.74. The summed E-state index contributed by atoms with van der Waals surface area (Å²) >= 11 is 0. The summed E-state index contributed by atoms with van der Waals surface area (Å²) in [5.74, 6) is 0.268. The quantitative estimate of drug-likeness (QED) is 0.619. The van der Waals surface area contributed by atoms with Crippen LogP contribution in [0.4, 0.5) is 17.2 Å². The minimum atomic E-state index is -0.983. The topological polar surface area (TPSA) is 110 Å². The second-order valence-corrected chi connectivity index (χ2v) is 5.55. The summed E-state index contributed by atoms with van der Waals surface area (Å²) in [6, 6.07) is 13.9. The van der Waals surface area contributed by atoms with Gasteiger partial charge in [0.25, 0.3) is 0 Å². The fraction of sp³-hybridized carbons (Fsp3) is 0.105. The maximum atomic E-state index is 10.9. The van der Waals surface area contributed by atoms with Crippen LogP contribution in [-0.4, -0.2) is 21.0 Å². The van der Waals surface area contributed by atoms with Crippen LogP contribution in [0.5, 0.6) is 11.6 Å². The molecule has 132 valence electrons. The Morgan fingerprint density at radius 2 is 1.81 bits per heavy atom. The molecule has 0 bridgehead atoms. The molecule has 7 heteroatoms. The van der Waals surface area contributed by atoms with Crippen LogP contribution in [0.3, 0.4) is 0 Å². The zero-order chi connectivity index (χ0) is 18.5. The van der Waals surface area contributed by atoms with Crippen LogP contribution < -0.4 is 15.8 Å². The predicted molar refractivity (Wildman–Crippen MR) is 99.0 cm³/mol. The van der Waals surface area contributed by atoms with E-state index in [4.69, 9.17) is 15.6 Å². The van der Waals surface area contributed by atoms with Gasteiger partial charge in [0.2, 0.25) is 5.88 Å². The number of hydrogen-bond donors (Lipinski definition) is 3. The highest BCUT2D eigenvalue weighted by Crippen LogP contribution is 2.31. The van der Waals surface area contributed by atoms with Gasteiger partial charge in [0.15, 0.2) is 5.82 Å². The van der Waals surface area contributed by atoms with Crippen molar-refractivity contribution in [2.75, 3.05) is 11.1 Å². The minimum absolute atomic E-state index is 0.200. The summed E-state index contributed by atoms with van der Waals surface area (Å²) in [4.78, 5) is 19.1. The summed E-state index contributed by atoms with van der Waals surface area (Å²) in [5, 5.41) is 12.0. The second kappa shape index (κ2) is 7.52. The number of ether oxygens (including phenoxy) is 1. The summed E-state index contributed by atoms with van der Waals surface area (Å²) in [5.41, 5.74) is 8.43. The van der Waals surface area contributed by atoms with E-state index >= 15 is 0 Å². The van der Waals surface area contributed by atoms with Crippen molar-refractivity contribution in [2.24, 2.45) is 0 Å². The van der Waals surface area contributed by atoms with Crippen LogP contribution in [0, 0.1) is 0 Å². The number of anilines is 3. The molecule has 0 radical (unpaired) electrons. The van der Waals surface area contributed by atoms with Gasteiger partial charge in [0.05, 0.1) is 5.56 Å². The number of aromatic carboxylic acids is 1. The molecule has 0 amide bonds. The fourth-order valence-electron chi connectivity index (χ4n) is 2.30. The Hall–Kier alpha value is -3.61. The molecule has 3 rings (SSSR count). The van der Waals surface area contributed by atoms with E-state index in [1.54, 1.807) is 12.1 Å². The van der Waals surface area contributed by atoms with Crippen molar-refractivity contribution in [1.82, 2.24) is 9.97 Å². The largest absolute Gasteiger partial charge is 0.478 e. The number of carboxylic acids is 1. The summed E-state index contributed by atoms with van der Waals surface area (Å²) in [7, 11) is 0. The zero-order valence-electron chi connectivity index (χ0n) is 14.1. The molecule has 0 aliphatic carbocycles. The number of carbonyl (C=O) groups is 1. The Balaban J connectivity index is 1.78. The molecule has 26 heavy (non-hydrogen) atoms. The number of aryl methyl sites for hydroxylation is 1. The second-order valence-electron chi connectivity index (χ2n) is 5.55. The van der Waals surface area contributed by atoms with E-state index in [9.17, 15) is 4.79 Å². The van der Waals surface area contributed by atoms with Crippen LogP contribution in [0.2, 0.25) is 0 Å². The molecule has 7 nitrogen and oxygen atoms in total. The van der Waals surface area contributed by atoms with Crippen LogP contribution >= 0.6 is 0 Å². The third-order valence-corrected chi connectivity index (χ3v) is 3.79. The van der Waals surface area contributed by atoms with Crippen molar-refractivity contribution >= 4 is 23.2 Å². The first-order chi connectivity index (χ1) is 12.6. The van der Waals surface area contributed by atoms with Gasteiger partial charge >= 0.3 is 5.97 Å². The number of benzene rings is 2. The van der Waals surface area contributed by atoms with E-state index < -0.39 is 5.97 Å². The van der Waals surface area contributed by atoms with Crippen molar-refractivity contribution < 1.29 is 14.6 Å². The van der Waals surface area contributed by atoms with Gasteiger partial charge in [0.1, 0.15) is 17.8 Å². The minimum Gasteiger partial charge on any atom is -0.478 e. The molecule has 2 aromatic carbocycles. The van der Waals surface area contributed by atoms with Crippen molar-refractivity contribution in [2.45, 2.75) is 13.3 Å². The molecule has 0 aliphatic heterocycles. The molecule has 0 saturated carbocycles. The Morgan fingerprint density at radius 3 is 2.42 bits per heavy atom. The molecule has 0 fully saturated rings. The SMILES string of the molecule is CCc1ccc(Oc2ncnc(Nc3ccc(C(=O)O)cc3)c2N)cc1. The molecule has 0 aliphatic rings. The number of nitrogens with one attached hydrogen (secondary N) is 1. The molecule has 1 aromatic heterocycles. The lowest BCUT2D eigenvalue weighted by Crippen LogP contribution is -2.03. The van der Waals surface area contributed by atoms with Crippen molar-refractivity contribution in [1.29, 1.82) is 0 Å². The van der Waals surface area contributed by atoms with Crippen LogP contribution in [0.15, 0.2) is 54.9 Å². The van der Waals surface area contributed by atoms with Crippen molar-refractivity contribution in [3.63, 3.8) is 0 Å².